The molecule has 1 aromatic heterocycles. The van der Waals surface area contributed by atoms with Gasteiger partial charge in [-0.1, -0.05) is 19.1 Å². The highest BCUT2D eigenvalue weighted by atomic mass is 16.5. The van der Waals surface area contributed by atoms with Crippen LogP contribution in [0, 0.1) is 0 Å². The van der Waals surface area contributed by atoms with E-state index in [9.17, 15) is 4.79 Å². The van der Waals surface area contributed by atoms with E-state index in [0.717, 1.165) is 62.3 Å². The third kappa shape index (κ3) is 3.78. The standard InChI is InChI=1S/C22H30N4O2/c1-3-12-26-13-18(15-8-10-16(28-2)11-9-15)20(14-26)23-22(27)21-17-6-4-5-7-19(17)24-25-21/h8-11,18,20H,3-7,12-14H2,1-2H3,(H,23,27)(H,24,25)/t18-,20+/m1/s1. The molecule has 6 nitrogen and oxygen atoms in total. The minimum absolute atomic E-state index is 0.0405. The molecule has 2 aliphatic rings. The normalized spacial score (nSPS) is 22.1. The highest BCUT2D eigenvalue weighted by Gasteiger charge is 2.35. The first-order valence-electron chi connectivity index (χ1n) is 10.4. The molecule has 2 heterocycles. The van der Waals surface area contributed by atoms with Crippen LogP contribution in [0.25, 0.3) is 0 Å². The zero-order valence-electron chi connectivity index (χ0n) is 16.8. The average molecular weight is 383 g/mol. The molecule has 2 atom stereocenters. The summed E-state index contributed by atoms with van der Waals surface area (Å²) in [7, 11) is 1.68. The molecule has 4 rings (SSSR count). The van der Waals surface area contributed by atoms with Crippen molar-refractivity contribution in [3.8, 4) is 5.75 Å². The molecule has 0 spiro atoms. The van der Waals surface area contributed by atoms with E-state index in [-0.39, 0.29) is 17.9 Å². The number of fused-ring (bicyclic) bond motifs is 1. The molecular weight excluding hydrogens is 352 g/mol. The van der Waals surface area contributed by atoms with Gasteiger partial charge in [0.1, 0.15) is 5.75 Å². The van der Waals surface area contributed by atoms with E-state index in [4.69, 9.17) is 4.74 Å². The summed E-state index contributed by atoms with van der Waals surface area (Å²) in [5, 5.41) is 10.7. The number of aryl methyl sites for hydroxylation is 1. The molecule has 0 radical (unpaired) electrons. The van der Waals surface area contributed by atoms with Gasteiger partial charge >= 0.3 is 0 Å². The maximum absolute atomic E-state index is 13.0. The number of likely N-dealkylation sites (tertiary alicyclic amines) is 1. The van der Waals surface area contributed by atoms with Gasteiger partial charge in [-0.2, -0.15) is 5.10 Å². The second kappa shape index (κ2) is 8.35. The lowest BCUT2D eigenvalue weighted by atomic mass is 9.93. The Morgan fingerprint density at radius 1 is 1.25 bits per heavy atom. The Kier molecular flexibility index (Phi) is 5.67. The third-order valence-electron chi connectivity index (χ3n) is 6.07. The minimum atomic E-state index is -0.0405. The fraction of sp³-hybridized carbons (Fsp3) is 0.545. The van der Waals surface area contributed by atoms with E-state index in [1.165, 1.54) is 12.0 Å². The van der Waals surface area contributed by atoms with Crippen molar-refractivity contribution in [2.75, 3.05) is 26.7 Å². The van der Waals surface area contributed by atoms with Crippen LogP contribution < -0.4 is 10.1 Å². The summed E-state index contributed by atoms with van der Waals surface area (Å²) < 4.78 is 5.29. The molecular formula is C22H30N4O2. The van der Waals surface area contributed by atoms with E-state index < -0.39 is 0 Å². The lowest BCUT2D eigenvalue weighted by molar-refractivity contribution is 0.0929. The van der Waals surface area contributed by atoms with Gasteiger partial charge in [0.2, 0.25) is 0 Å². The van der Waals surface area contributed by atoms with Crippen molar-refractivity contribution in [2.24, 2.45) is 0 Å². The number of aromatic nitrogens is 2. The van der Waals surface area contributed by atoms with Crippen LogP contribution in [0.5, 0.6) is 5.75 Å². The van der Waals surface area contributed by atoms with Gasteiger partial charge in [-0.25, -0.2) is 0 Å². The van der Waals surface area contributed by atoms with Gasteiger partial charge in [0, 0.05) is 36.3 Å². The summed E-state index contributed by atoms with van der Waals surface area (Å²) in [6.07, 6.45) is 5.36. The molecule has 1 aliphatic carbocycles. The zero-order valence-corrected chi connectivity index (χ0v) is 16.8. The first kappa shape index (κ1) is 19.0. The molecule has 28 heavy (non-hydrogen) atoms. The lowest BCUT2D eigenvalue weighted by Crippen LogP contribution is -2.40. The molecule has 2 aromatic rings. The predicted octanol–water partition coefficient (Wildman–Crippen LogP) is 2.90. The van der Waals surface area contributed by atoms with Crippen LogP contribution in [0.1, 0.15) is 59.4 Å². The predicted molar refractivity (Wildman–Crippen MR) is 109 cm³/mol. The molecule has 2 N–H and O–H groups in total. The first-order chi connectivity index (χ1) is 13.7. The number of benzene rings is 1. The largest absolute Gasteiger partial charge is 0.497 e. The lowest BCUT2D eigenvalue weighted by Gasteiger charge is -2.20. The molecule has 150 valence electrons. The fourth-order valence-electron chi connectivity index (χ4n) is 4.62. The molecule has 1 aromatic carbocycles. The van der Waals surface area contributed by atoms with Crippen LogP contribution in [0.15, 0.2) is 24.3 Å². The average Bonchev–Trinajstić information content (AvgIpc) is 3.32. The van der Waals surface area contributed by atoms with E-state index in [2.05, 4.69) is 39.5 Å². The molecule has 0 bridgehead atoms. The number of hydrogen-bond donors (Lipinski definition) is 2. The maximum atomic E-state index is 13.0. The molecule has 1 amide bonds. The number of amides is 1. The van der Waals surface area contributed by atoms with E-state index in [1.807, 2.05) is 12.1 Å². The van der Waals surface area contributed by atoms with E-state index in [0.29, 0.717) is 5.69 Å². The number of H-pyrrole nitrogens is 1. The second-order valence-corrected chi connectivity index (χ2v) is 7.96. The summed E-state index contributed by atoms with van der Waals surface area (Å²) in [5.41, 5.74) is 4.10. The Balaban J connectivity index is 1.53. The number of aromatic amines is 1. The fourth-order valence-corrected chi connectivity index (χ4v) is 4.62. The number of carbonyl (C=O) groups excluding carboxylic acids is 1. The van der Waals surface area contributed by atoms with Crippen LogP contribution in [-0.4, -0.2) is 53.8 Å². The Bertz CT molecular complexity index is 814. The summed E-state index contributed by atoms with van der Waals surface area (Å²) >= 11 is 0. The highest BCUT2D eigenvalue weighted by molar-refractivity contribution is 5.94. The van der Waals surface area contributed by atoms with E-state index >= 15 is 0 Å². The first-order valence-corrected chi connectivity index (χ1v) is 10.4. The third-order valence-corrected chi connectivity index (χ3v) is 6.07. The Morgan fingerprint density at radius 2 is 2.04 bits per heavy atom. The smallest absolute Gasteiger partial charge is 0.272 e. The molecule has 1 fully saturated rings. The molecule has 0 saturated carbocycles. The number of rotatable bonds is 6. The van der Waals surface area contributed by atoms with Gasteiger partial charge < -0.3 is 15.0 Å². The van der Waals surface area contributed by atoms with Crippen LogP contribution in [0.3, 0.4) is 0 Å². The van der Waals surface area contributed by atoms with Crippen molar-refractivity contribution >= 4 is 5.91 Å². The van der Waals surface area contributed by atoms with Crippen LogP contribution in [-0.2, 0) is 12.8 Å². The summed E-state index contributed by atoms with van der Waals surface area (Å²) in [5.74, 6) is 1.09. The number of nitrogens with zero attached hydrogens (tertiary/aromatic N) is 2. The SMILES string of the molecule is CCCN1C[C@H](NC(=O)c2n[nH]c3c2CCCC3)[C@@H](c2ccc(OC)cc2)C1. The van der Waals surface area contributed by atoms with Gasteiger partial charge in [0.25, 0.3) is 5.91 Å². The van der Waals surface area contributed by atoms with Crippen LogP contribution >= 0.6 is 0 Å². The Labute approximate surface area is 166 Å². The highest BCUT2D eigenvalue weighted by Crippen LogP contribution is 2.30. The topological polar surface area (TPSA) is 70.2 Å². The number of methoxy groups -OCH3 is 1. The van der Waals surface area contributed by atoms with E-state index in [1.54, 1.807) is 7.11 Å². The van der Waals surface area contributed by atoms with Crippen molar-refractivity contribution in [1.82, 2.24) is 20.4 Å². The van der Waals surface area contributed by atoms with Crippen molar-refractivity contribution in [2.45, 2.75) is 51.0 Å². The second-order valence-electron chi connectivity index (χ2n) is 7.96. The minimum Gasteiger partial charge on any atom is -0.497 e. The van der Waals surface area contributed by atoms with Gasteiger partial charge in [-0.3, -0.25) is 9.89 Å². The number of carbonyl (C=O) groups is 1. The van der Waals surface area contributed by atoms with Crippen molar-refractivity contribution < 1.29 is 9.53 Å². The maximum Gasteiger partial charge on any atom is 0.272 e. The Hall–Kier alpha value is -2.34. The number of nitrogens with one attached hydrogen (secondary N) is 2. The van der Waals surface area contributed by atoms with Crippen LogP contribution in [0.2, 0.25) is 0 Å². The van der Waals surface area contributed by atoms with Gasteiger partial charge in [0.15, 0.2) is 5.69 Å². The van der Waals surface area contributed by atoms with Crippen molar-refractivity contribution in [3.63, 3.8) is 0 Å². The molecule has 1 aliphatic heterocycles. The summed E-state index contributed by atoms with van der Waals surface area (Å²) in [6.45, 7) is 5.09. The number of ether oxygens (including phenoxy) is 1. The summed E-state index contributed by atoms with van der Waals surface area (Å²) in [4.78, 5) is 15.5. The molecule has 1 saturated heterocycles. The molecule has 0 unspecified atom stereocenters. The molecule has 6 heteroatoms. The van der Waals surface area contributed by atoms with Gasteiger partial charge in [-0.15, -0.1) is 0 Å². The number of hydrogen-bond acceptors (Lipinski definition) is 4. The van der Waals surface area contributed by atoms with Crippen molar-refractivity contribution in [1.29, 1.82) is 0 Å². The monoisotopic (exact) mass is 382 g/mol. The zero-order chi connectivity index (χ0) is 19.5. The summed E-state index contributed by atoms with van der Waals surface area (Å²) in [6, 6.07) is 8.33. The van der Waals surface area contributed by atoms with Crippen molar-refractivity contribution in [3.05, 3.63) is 46.8 Å². The van der Waals surface area contributed by atoms with Crippen LogP contribution in [0.4, 0.5) is 0 Å². The van der Waals surface area contributed by atoms with Gasteiger partial charge in [0.05, 0.1) is 7.11 Å². The van der Waals surface area contributed by atoms with Gasteiger partial charge in [-0.05, 0) is 56.3 Å². The quantitative estimate of drug-likeness (QED) is 0.806. The Morgan fingerprint density at radius 3 is 2.79 bits per heavy atom.